The van der Waals surface area contributed by atoms with E-state index in [9.17, 15) is 31.1 Å². The summed E-state index contributed by atoms with van der Waals surface area (Å²) in [6, 6.07) is 4.99. The summed E-state index contributed by atoms with van der Waals surface area (Å²) in [5, 5.41) is 15.9. The number of hydrogen-bond donors (Lipinski definition) is 4. The molecule has 3 aromatic heterocycles. The van der Waals surface area contributed by atoms with E-state index in [4.69, 9.17) is 20.4 Å². The number of amides is 1. The van der Waals surface area contributed by atoms with Gasteiger partial charge >= 0.3 is 12.4 Å². The molecule has 0 aliphatic carbocycles. The van der Waals surface area contributed by atoms with Gasteiger partial charge in [0.05, 0.1) is 30.7 Å². The minimum absolute atomic E-state index is 0.122. The zero-order valence-electron chi connectivity index (χ0n) is 23.1. The number of carbonyl (C=O) groups excluding carboxylic acids is 1. The lowest BCUT2D eigenvalue weighted by molar-refractivity contribution is -0.148. The third-order valence-electron chi connectivity index (χ3n) is 5.86. The fourth-order valence-corrected chi connectivity index (χ4v) is 4.13. The maximum Gasteiger partial charge on any atom is 0.435 e. The number of fused-ring (bicyclic) bond motifs is 1. The molecular weight excluding hydrogens is 602 g/mol. The van der Waals surface area contributed by atoms with Crippen molar-refractivity contribution in [2.75, 3.05) is 31.6 Å². The van der Waals surface area contributed by atoms with Crippen LogP contribution in [0, 0.1) is 0 Å². The van der Waals surface area contributed by atoms with Gasteiger partial charge in [-0.3, -0.25) is 18.7 Å². The number of carboxylic acid groups (broad SMARTS) is 1. The normalized spacial score (nSPS) is 11.6. The van der Waals surface area contributed by atoms with Crippen LogP contribution in [-0.2, 0) is 28.7 Å². The SMILES string of the molecule is CCc1cc(Nc2nccn3c(-c4cn(CC(F)(F)F)nc4C(F)(F)F)cnc23)ccc1C(=O)NCCOCCN.O=CO. The summed E-state index contributed by atoms with van der Waals surface area (Å²) in [6.07, 6.45) is -4.81. The van der Waals surface area contributed by atoms with Crippen LogP contribution in [0.1, 0.15) is 28.5 Å². The van der Waals surface area contributed by atoms with Crippen molar-refractivity contribution in [1.29, 1.82) is 0 Å². The fraction of sp³-hybridized carbons (Fsp3) is 0.346. The fourth-order valence-electron chi connectivity index (χ4n) is 4.13. The molecule has 3 heterocycles. The lowest BCUT2D eigenvalue weighted by Crippen LogP contribution is -2.28. The second kappa shape index (κ2) is 14.6. The predicted molar refractivity (Wildman–Crippen MR) is 145 cm³/mol. The van der Waals surface area contributed by atoms with Crippen molar-refractivity contribution in [1.82, 2.24) is 29.5 Å². The zero-order chi connectivity index (χ0) is 32.5. The number of ether oxygens (including phenoxy) is 1. The van der Waals surface area contributed by atoms with E-state index >= 15 is 0 Å². The molecule has 0 saturated carbocycles. The largest absolute Gasteiger partial charge is 0.483 e. The Morgan fingerprint density at radius 2 is 1.89 bits per heavy atom. The molecule has 1 aromatic carbocycles. The van der Waals surface area contributed by atoms with Crippen LogP contribution in [0.15, 0.2) is 43.0 Å². The quantitative estimate of drug-likeness (QED) is 0.109. The number of imidazole rings is 1. The minimum Gasteiger partial charge on any atom is -0.483 e. The van der Waals surface area contributed by atoms with Gasteiger partial charge in [0, 0.05) is 42.9 Å². The summed E-state index contributed by atoms with van der Waals surface area (Å²) < 4.78 is 86.3. The van der Waals surface area contributed by atoms with Crippen LogP contribution in [0.4, 0.5) is 37.8 Å². The van der Waals surface area contributed by atoms with Gasteiger partial charge in [-0.25, -0.2) is 9.97 Å². The summed E-state index contributed by atoms with van der Waals surface area (Å²) in [7, 11) is 0. The Kier molecular flexibility index (Phi) is 11.2. The molecule has 0 unspecified atom stereocenters. The van der Waals surface area contributed by atoms with Crippen LogP contribution >= 0.6 is 0 Å². The molecule has 1 amide bonds. The molecule has 18 heteroatoms. The van der Waals surface area contributed by atoms with Gasteiger partial charge in [0.2, 0.25) is 0 Å². The lowest BCUT2D eigenvalue weighted by Gasteiger charge is -2.13. The van der Waals surface area contributed by atoms with E-state index in [0.717, 1.165) is 11.8 Å². The molecule has 12 nitrogen and oxygen atoms in total. The van der Waals surface area contributed by atoms with Crippen LogP contribution in [0.5, 0.6) is 0 Å². The molecule has 0 aliphatic heterocycles. The first-order valence-corrected chi connectivity index (χ1v) is 12.9. The van der Waals surface area contributed by atoms with Crippen molar-refractivity contribution < 1.29 is 45.8 Å². The number of nitrogens with two attached hydrogens (primary N) is 1. The molecule has 0 bridgehead atoms. The Morgan fingerprint density at radius 1 is 1.16 bits per heavy atom. The Labute approximate surface area is 245 Å². The zero-order valence-corrected chi connectivity index (χ0v) is 23.1. The van der Waals surface area contributed by atoms with Gasteiger partial charge in [-0.2, -0.15) is 31.4 Å². The number of rotatable bonds is 11. The van der Waals surface area contributed by atoms with Crippen molar-refractivity contribution in [3.05, 3.63) is 59.8 Å². The molecule has 0 spiro atoms. The minimum atomic E-state index is -5.01. The third kappa shape index (κ3) is 8.66. The average Bonchev–Trinajstić information content (AvgIpc) is 3.57. The number of nitrogens with zero attached hydrogens (tertiary/aromatic N) is 5. The third-order valence-corrected chi connectivity index (χ3v) is 5.86. The number of anilines is 2. The predicted octanol–water partition coefficient (Wildman–Crippen LogP) is 3.89. The van der Waals surface area contributed by atoms with E-state index in [1.54, 1.807) is 18.2 Å². The summed E-state index contributed by atoms with van der Waals surface area (Å²) in [5.74, 6) is -0.110. The van der Waals surface area contributed by atoms with E-state index in [0.29, 0.717) is 50.2 Å². The van der Waals surface area contributed by atoms with E-state index in [2.05, 4.69) is 25.7 Å². The van der Waals surface area contributed by atoms with Gasteiger partial charge in [-0.05, 0) is 30.2 Å². The highest BCUT2D eigenvalue weighted by atomic mass is 19.4. The van der Waals surface area contributed by atoms with Crippen molar-refractivity contribution in [3.8, 4) is 11.3 Å². The molecule has 0 fully saturated rings. The molecular formula is C26H28F6N8O4. The Bertz CT molecular complexity index is 1570. The Morgan fingerprint density at radius 3 is 2.52 bits per heavy atom. The second-order valence-electron chi connectivity index (χ2n) is 8.93. The molecule has 5 N–H and O–H groups in total. The van der Waals surface area contributed by atoms with Crippen molar-refractivity contribution in [2.45, 2.75) is 32.2 Å². The molecule has 0 radical (unpaired) electrons. The van der Waals surface area contributed by atoms with Crippen LogP contribution in [-0.4, -0.2) is 74.1 Å². The van der Waals surface area contributed by atoms with E-state index in [-0.39, 0.29) is 34.2 Å². The van der Waals surface area contributed by atoms with Gasteiger partial charge in [-0.15, -0.1) is 0 Å². The van der Waals surface area contributed by atoms with Crippen molar-refractivity contribution in [3.63, 3.8) is 0 Å². The Hall–Kier alpha value is -4.71. The highest BCUT2D eigenvalue weighted by Crippen LogP contribution is 2.37. The first-order valence-electron chi connectivity index (χ1n) is 12.9. The first kappa shape index (κ1) is 33.8. The number of aryl methyl sites for hydroxylation is 1. The summed E-state index contributed by atoms with van der Waals surface area (Å²) >= 11 is 0. The molecule has 44 heavy (non-hydrogen) atoms. The highest BCUT2D eigenvalue weighted by molar-refractivity contribution is 5.96. The van der Waals surface area contributed by atoms with Gasteiger partial charge in [0.15, 0.2) is 17.2 Å². The van der Waals surface area contributed by atoms with Gasteiger partial charge in [0.25, 0.3) is 12.4 Å². The van der Waals surface area contributed by atoms with Crippen molar-refractivity contribution >= 4 is 29.5 Å². The summed E-state index contributed by atoms with van der Waals surface area (Å²) in [4.78, 5) is 29.4. The van der Waals surface area contributed by atoms with Crippen LogP contribution in [0.2, 0.25) is 0 Å². The van der Waals surface area contributed by atoms with Crippen LogP contribution in [0.3, 0.4) is 0 Å². The number of halogens is 6. The monoisotopic (exact) mass is 630 g/mol. The number of hydrogen-bond acceptors (Lipinski definition) is 8. The number of nitrogens with one attached hydrogen (secondary N) is 2. The molecule has 0 saturated heterocycles. The number of benzene rings is 1. The highest BCUT2D eigenvalue weighted by Gasteiger charge is 2.40. The van der Waals surface area contributed by atoms with Gasteiger partial charge in [-0.1, -0.05) is 6.92 Å². The maximum absolute atomic E-state index is 13.7. The molecule has 238 valence electrons. The van der Waals surface area contributed by atoms with Crippen molar-refractivity contribution in [2.24, 2.45) is 5.73 Å². The molecule has 4 rings (SSSR count). The second-order valence-corrected chi connectivity index (χ2v) is 8.93. The smallest absolute Gasteiger partial charge is 0.435 e. The van der Waals surface area contributed by atoms with E-state index in [1.807, 2.05) is 6.92 Å². The van der Waals surface area contributed by atoms with Crippen LogP contribution in [0.25, 0.3) is 16.9 Å². The number of aromatic nitrogens is 5. The standard InChI is InChI=1S/C25H26F6N8O2.CH2O2/c1-2-15-11-16(3-4-17(15)23(40)34-7-10-41-9-5-32)36-21-22-35-12-19(39(22)8-6-33-21)18-13-38(14-24(26,27)28)37-20(18)25(29,30)31;2-1-3/h3-4,6,8,11-13H,2,5,7,9-10,14,32H2,1H3,(H,33,36)(H,34,40);1H,(H,2,3). The van der Waals surface area contributed by atoms with E-state index in [1.165, 1.54) is 16.8 Å². The first-order chi connectivity index (χ1) is 20.8. The molecule has 0 aliphatic rings. The maximum atomic E-state index is 13.7. The van der Waals surface area contributed by atoms with Gasteiger partial charge in [0.1, 0.15) is 6.54 Å². The summed E-state index contributed by atoms with van der Waals surface area (Å²) in [6.45, 7) is 1.34. The molecule has 4 aromatic rings. The number of carbonyl (C=O) groups is 2. The average molecular weight is 631 g/mol. The van der Waals surface area contributed by atoms with Gasteiger partial charge < -0.3 is 26.2 Å². The lowest BCUT2D eigenvalue weighted by atomic mass is 10.0. The number of alkyl halides is 6. The van der Waals surface area contributed by atoms with Crippen LogP contribution < -0.4 is 16.4 Å². The van der Waals surface area contributed by atoms with E-state index < -0.39 is 30.2 Å². The summed E-state index contributed by atoms with van der Waals surface area (Å²) in [5.41, 5.74) is 5.04. The Balaban J connectivity index is 0.00000169. The topological polar surface area (TPSA) is 162 Å². The molecule has 0 atom stereocenters.